The Morgan fingerprint density at radius 1 is 1.21 bits per heavy atom. The molecular weight excluding hydrogens is 240 g/mol. The predicted octanol–water partition coefficient (Wildman–Crippen LogP) is 1.93. The van der Waals surface area contributed by atoms with Gasteiger partial charge in [0.05, 0.1) is 13.5 Å². The minimum Gasteiger partial charge on any atom is -0.469 e. The van der Waals surface area contributed by atoms with Crippen LogP contribution in [-0.4, -0.2) is 49.2 Å². The molecule has 1 saturated carbocycles. The quantitative estimate of drug-likeness (QED) is 0.627. The molecule has 1 saturated heterocycles. The predicted molar refractivity (Wildman–Crippen MR) is 76.1 cm³/mol. The van der Waals surface area contributed by atoms with Crippen LogP contribution in [0.2, 0.25) is 0 Å². The van der Waals surface area contributed by atoms with Crippen molar-refractivity contribution in [1.29, 1.82) is 0 Å². The fourth-order valence-corrected chi connectivity index (χ4v) is 3.55. The van der Waals surface area contributed by atoms with Crippen LogP contribution >= 0.6 is 0 Å². The third kappa shape index (κ3) is 4.46. The number of hydrogen-bond donors (Lipinski definition) is 1. The highest BCUT2D eigenvalue weighted by Gasteiger charge is 2.30. The van der Waals surface area contributed by atoms with Crippen LogP contribution in [0.5, 0.6) is 0 Å². The van der Waals surface area contributed by atoms with E-state index in [1.165, 1.54) is 45.6 Å². The molecular formula is C15H28N2O2. The molecule has 4 nitrogen and oxygen atoms in total. The van der Waals surface area contributed by atoms with Crippen molar-refractivity contribution in [2.24, 2.45) is 0 Å². The molecule has 2 atom stereocenters. The van der Waals surface area contributed by atoms with Gasteiger partial charge in [0.25, 0.3) is 0 Å². The van der Waals surface area contributed by atoms with Gasteiger partial charge in [-0.1, -0.05) is 25.7 Å². The van der Waals surface area contributed by atoms with Gasteiger partial charge in [-0.15, -0.1) is 0 Å². The number of rotatable bonds is 3. The van der Waals surface area contributed by atoms with Crippen LogP contribution < -0.4 is 5.32 Å². The Labute approximate surface area is 116 Å². The van der Waals surface area contributed by atoms with E-state index in [1.807, 2.05) is 0 Å². The lowest BCUT2D eigenvalue weighted by molar-refractivity contribution is -0.141. The summed E-state index contributed by atoms with van der Waals surface area (Å²) in [5, 5.41) is 3.52. The molecule has 0 radical (unpaired) electrons. The van der Waals surface area contributed by atoms with E-state index in [2.05, 4.69) is 17.1 Å². The zero-order chi connectivity index (χ0) is 13.7. The highest BCUT2D eigenvalue weighted by molar-refractivity contribution is 5.70. The average Bonchev–Trinajstić information content (AvgIpc) is 2.66. The van der Waals surface area contributed by atoms with Crippen molar-refractivity contribution < 1.29 is 9.53 Å². The summed E-state index contributed by atoms with van der Waals surface area (Å²) in [6.07, 6.45) is 8.67. The summed E-state index contributed by atoms with van der Waals surface area (Å²) < 4.78 is 4.79. The number of carbonyl (C=O) groups excluding carboxylic acids is 1. The Morgan fingerprint density at radius 2 is 1.89 bits per heavy atom. The van der Waals surface area contributed by atoms with Gasteiger partial charge in [-0.3, -0.25) is 9.69 Å². The third-order valence-electron chi connectivity index (χ3n) is 4.47. The van der Waals surface area contributed by atoms with Crippen LogP contribution in [-0.2, 0) is 9.53 Å². The summed E-state index contributed by atoms with van der Waals surface area (Å²) in [7, 11) is 1.47. The molecule has 0 amide bonds. The standard InChI is InChI=1S/C15H28N2O2/c1-12-10-17(14-7-5-3-4-6-8-14)11-13(16-12)9-15(18)19-2/h12-14,16H,3-11H2,1-2H3. The Morgan fingerprint density at radius 3 is 2.53 bits per heavy atom. The highest BCUT2D eigenvalue weighted by atomic mass is 16.5. The summed E-state index contributed by atoms with van der Waals surface area (Å²) in [5.74, 6) is -0.104. The Hall–Kier alpha value is -0.610. The van der Waals surface area contributed by atoms with Gasteiger partial charge in [0.1, 0.15) is 0 Å². The maximum absolute atomic E-state index is 11.4. The van der Waals surface area contributed by atoms with Gasteiger partial charge in [0.15, 0.2) is 0 Å². The van der Waals surface area contributed by atoms with Crippen molar-refractivity contribution in [3.05, 3.63) is 0 Å². The Kier molecular flexibility index (Phi) is 5.64. The topological polar surface area (TPSA) is 41.6 Å². The maximum Gasteiger partial charge on any atom is 0.307 e. The molecule has 2 unspecified atom stereocenters. The number of esters is 1. The van der Waals surface area contributed by atoms with Gasteiger partial charge in [-0.25, -0.2) is 0 Å². The number of nitrogens with one attached hydrogen (secondary N) is 1. The van der Waals surface area contributed by atoms with Crippen LogP contribution in [0.1, 0.15) is 51.9 Å². The molecule has 19 heavy (non-hydrogen) atoms. The molecule has 2 aliphatic rings. The number of ether oxygens (including phenoxy) is 1. The smallest absolute Gasteiger partial charge is 0.307 e. The molecule has 4 heteroatoms. The van der Waals surface area contributed by atoms with Gasteiger partial charge in [-0.05, 0) is 19.8 Å². The first-order valence-corrected chi connectivity index (χ1v) is 7.76. The van der Waals surface area contributed by atoms with Gasteiger partial charge < -0.3 is 10.1 Å². The molecule has 0 aromatic carbocycles. The van der Waals surface area contributed by atoms with Gasteiger partial charge in [-0.2, -0.15) is 0 Å². The van der Waals surface area contributed by atoms with Gasteiger partial charge >= 0.3 is 5.97 Å². The minimum absolute atomic E-state index is 0.104. The lowest BCUT2D eigenvalue weighted by atomic mass is 10.0. The molecule has 1 aliphatic carbocycles. The van der Waals surface area contributed by atoms with E-state index in [0.29, 0.717) is 12.5 Å². The molecule has 110 valence electrons. The van der Waals surface area contributed by atoms with E-state index in [1.54, 1.807) is 0 Å². The zero-order valence-corrected chi connectivity index (χ0v) is 12.4. The minimum atomic E-state index is -0.104. The largest absolute Gasteiger partial charge is 0.469 e. The molecule has 0 aromatic heterocycles. The van der Waals surface area contributed by atoms with E-state index < -0.39 is 0 Å². The second-order valence-corrected chi connectivity index (χ2v) is 6.14. The van der Waals surface area contributed by atoms with Crippen molar-refractivity contribution in [3.8, 4) is 0 Å². The van der Waals surface area contributed by atoms with E-state index in [9.17, 15) is 4.79 Å². The van der Waals surface area contributed by atoms with E-state index in [4.69, 9.17) is 4.74 Å². The van der Waals surface area contributed by atoms with Gasteiger partial charge in [0.2, 0.25) is 0 Å². The summed E-state index contributed by atoms with van der Waals surface area (Å²) in [6, 6.07) is 1.44. The van der Waals surface area contributed by atoms with Crippen molar-refractivity contribution in [2.45, 2.75) is 70.0 Å². The summed E-state index contributed by atoms with van der Waals surface area (Å²) in [6.45, 7) is 4.32. The fraction of sp³-hybridized carbons (Fsp3) is 0.933. The lowest BCUT2D eigenvalue weighted by Gasteiger charge is -2.41. The first-order valence-electron chi connectivity index (χ1n) is 7.76. The van der Waals surface area contributed by atoms with E-state index in [-0.39, 0.29) is 12.0 Å². The van der Waals surface area contributed by atoms with Crippen molar-refractivity contribution in [1.82, 2.24) is 10.2 Å². The molecule has 1 heterocycles. The summed E-state index contributed by atoms with van der Waals surface area (Å²) >= 11 is 0. The van der Waals surface area contributed by atoms with Crippen LogP contribution in [0.3, 0.4) is 0 Å². The second-order valence-electron chi connectivity index (χ2n) is 6.14. The maximum atomic E-state index is 11.4. The molecule has 0 bridgehead atoms. The SMILES string of the molecule is COC(=O)CC1CN(C2CCCCCC2)CC(C)N1. The highest BCUT2D eigenvalue weighted by Crippen LogP contribution is 2.24. The summed E-state index contributed by atoms with van der Waals surface area (Å²) in [4.78, 5) is 14.1. The van der Waals surface area contributed by atoms with Gasteiger partial charge in [0, 0.05) is 31.2 Å². The van der Waals surface area contributed by atoms with Crippen molar-refractivity contribution in [2.75, 3.05) is 20.2 Å². The Balaban J connectivity index is 1.90. The van der Waals surface area contributed by atoms with Crippen molar-refractivity contribution >= 4 is 5.97 Å². The monoisotopic (exact) mass is 268 g/mol. The number of hydrogen-bond acceptors (Lipinski definition) is 4. The first kappa shape index (κ1) is 14.8. The molecule has 2 fully saturated rings. The molecule has 0 aromatic rings. The Bertz CT molecular complexity index is 288. The first-order chi connectivity index (χ1) is 9.19. The molecule has 1 aliphatic heterocycles. The number of piperazine rings is 1. The van der Waals surface area contributed by atoms with Crippen LogP contribution in [0.4, 0.5) is 0 Å². The normalized spacial score (nSPS) is 30.8. The molecule has 0 spiro atoms. The van der Waals surface area contributed by atoms with Crippen LogP contribution in [0, 0.1) is 0 Å². The number of nitrogens with zero attached hydrogens (tertiary/aromatic N) is 1. The van der Waals surface area contributed by atoms with Crippen molar-refractivity contribution in [3.63, 3.8) is 0 Å². The third-order valence-corrected chi connectivity index (χ3v) is 4.47. The van der Waals surface area contributed by atoms with Crippen LogP contribution in [0.25, 0.3) is 0 Å². The number of carbonyl (C=O) groups is 1. The second kappa shape index (κ2) is 7.25. The fourth-order valence-electron chi connectivity index (χ4n) is 3.55. The lowest BCUT2D eigenvalue weighted by Crippen LogP contribution is -2.58. The number of methoxy groups -OCH3 is 1. The zero-order valence-electron chi connectivity index (χ0n) is 12.4. The summed E-state index contributed by atoms with van der Waals surface area (Å²) in [5.41, 5.74) is 0. The average molecular weight is 268 g/mol. The molecule has 2 rings (SSSR count). The molecule has 1 N–H and O–H groups in total. The van der Waals surface area contributed by atoms with E-state index >= 15 is 0 Å². The van der Waals surface area contributed by atoms with E-state index in [0.717, 1.165) is 19.1 Å². The van der Waals surface area contributed by atoms with Crippen LogP contribution in [0.15, 0.2) is 0 Å².